The van der Waals surface area contributed by atoms with E-state index in [1.54, 1.807) is 19.4 Å². The van der Waals surface area contributed by atoms with Gasteiger partial charge in [-0.2, -0.15) is 9.78 Å². The first kappa shape index (κ1) is 18.8. The summed E-state index contributed by atoms with van der Waals surface area (Å²) in [5.41, 5.74) is 2.03. The van der Waals surface area contributed by atoms with Crippen LogP contribution in [-0.4, -0.2) is 23.0 Å². The molecule has 0 fully saturated rings. The number of fused-ring (bicyclic) bond motifs is 2. The lowest BCUT2D eigenvalue weighted by molar-refractivity contribution is 0.415. The van der Waals surface area contributed by atoms with Gasteiger partial charge in [-0.1, -0.05) is 72.8 Å². The maximum absolute atomic E-state index is 13.3. The maximum atomic E-state index is 13.3. The van der Waals surface area contributed by atoms with Gasteiger partial charge in [-0.3, -0.25) is 4.79 Å². The Hall–Kier alpha value is -4.25. The second kappa shape index (κ2) is 7.88. The van der Waals surface area contributed by atoms with E-state index in [0.717, 1.165) is 21.9 Å². The zero-order chi connectivity index (χ0) is 21.2. The molecule has 5 aromatic rings. The van der Waals surface area contributed by atoms with Gasteiger partial charge in [-0.25, -0.2) is 4.98 Å². The monoisotopic (exact) mass is 405 g/mol. The maximum Gasteiger partial charge on any atom is 0.282 e. The molecule has 0 saturated carbocycles. The molecule has 0 bridgehead atoms. The SMILES string of the molecule is COc1ccc2ccccc2c1C=Nn1c(-c2ccccc2)nc2ccccc2c1=O. The first-order valence-electron chi connectivity index (χ1n) is 9.93. The highest BCUT2D eigenvalue weighted by molar-refractivity contribution is 6.02. The minimum Gasteiger partial charge on any atom is -0.496 e. The number of nitrogens with zero attached hydrogens (tertiary/aromatic N) is 3. The number of para-hydroxylation sites is 1. The summed E-state index contributed by atoms with van der Waals surface area (Å²) in [5.74, 6) is 1.17. The van der Waals surface area contributed by atoms with Gasteiger partial charge in [0.15, 0.2) is 5.82 Å². The van der Waals surface area contributed by atoms with Crippen LogP contribution in [0.4, 0.5) is 0 Å². The summed E-state index contributed by atoms with van der Waals surface area (Å²) in [7, 11) is 1.63. The Morgan fingerprint density at radius 2 is 1.55 bits per heavy atom. The van der Waals surface area contributed by atoms with Crippen LogP contribution in [-0.2, 0) is 0 Å². The van der Waals surface area contributed by atoms with Crippen LogP contribution in [0, 0.1) is 0 Å². The van der Waals surface area contributed by atoms with E-state index in [1.807, 2.05) is 84.9 Å². The molecule has 5 nitrogen and oxygen atoms in total. The van der Waals surface area contributed by atoms with Crippen LogP contribution >= 0.6 is 0 Å². The minimum atomic E-state index is -0.222. The summed E-state index contributed by atoms with van der Waals surface area (Å²) in [6.45, 7) is 0. The summed E-state index contributed by atoms with van der Waals surface area (Å²) in [6, 6.07) is 28.8. The zero-order valence-electron chi connectivity index (χ0n) is 16.9. The highest BCUT2D eigenvalue weighted by atomic mass is 16.5. The van der Waals surface area contributed by atoms with Crippen LogP contribution in [0.3, 0.4) is 0 Å². The minimum absolute atomic E-state index is 0.222. The van der Waals surface area contributed by atoms with Crippen molar-refractivity contribution >= 4 is 27.9 Å². The molecule has 0 saturated heterocycles. The molecule has 5 rings (SSSR count). The van der Waals surface area contributed by atoms with Crippen molar-refractivity contribution in [3.8, 4) is 17.1 Å². The number of rotatable bonds is 4. The van der Waals surface area contributed by atoms with Crippen LogP contribution in [0.25, 0.3) is 33.1 Å². The fourth-order valence-corrected chi connectivity index (χ4v) is 3.71. The van der Waals surface area contributed by atoms with Crippen molar-refractivity contribution in [2.75, 3.05) is 7.11 Å². The first-order chi connectivity index (χ1) is 15.3. The van der Waals surface area contributed by atoms with E-state index in [0.29, 0.717) is 22.5 Å². The van der Waals surface area contributed by atoms with E-state index < -0.39 is 0 Å². The number of hydrogen-bond acceptors (Lipinski definition) is 4. The van der Waals surface area contributed by atoms with Gasteiger partial charge in [-0.05, 0) is 29.0 Å². The summed E-state index contributed by atoms with van der Waals surface area (Å²) in [6.07, 6.45) is 1.67. The molecule has 31 heavy (non-hydrogen) atoms. The molecule has 0 N–H and O–H groups in total. The molecule has 0 aliphatic rings. The summed E-state index contributed by atoms with van der Waals surface area (Å²) in [4.78, 5) is 18.1. The van der Waals surface area contributed by atoms with Crippen molar-refractivity contribution in [2.45, 2.75) is 0 Å². The third kappa shape index (κ3) is 3.36. The van der Waals surface area contributed by atoms with Crippen molar-refractivity contribution < 1.29 is 4.74 Å². The van der Waals surface area contributed by atoms with Gasteiger partial charge in [0.05, 0.1) is 24.2 Å². The van der Waals surface area contributed by atoms with E-state index in [2.05, 4.69) is 5.10 Å². The summed E-state index contributed by atoms with van der Waals surface area (Å²) < 4.78 is 6.92. The largest absolute Gasteiger partial charge is 0.496 e. The van der Waals surface area contributed by atoms with E-state index in [1.165, 1.54) is 4.68 Å². The lowest BCUT2D eigenvalue weighted by Gasteiger charge is -2.11. The van der Waals surface area contributed by atoms with Gasteiger partial charge in [0.2, 0.25) is 0 Å². The molecule has 1 aromatic heterocycles. The van der Waals surface area contributed by atoms with Crippen molar-refractivity contribution in [1.29, 1.82) is 0 Å². The third-order valence-electron chi connectivity index (χ3n) is 5.24. The Bertz CT molecular complexity index is 1490. The molecule has 0 aliphatic carbocycles. The van der Waals surface area contributed by atoms with Crippen LogP contribution < -0.4 is 10.3 Å². The average Bonchev–Trinajstić information content (AvgIpc) is 2.83. The lowest BCUT2D eigenvalue weighted by atomic mass is 10.0. The Morgan fingerprint density at radius 1 is 0.839 bits per heavy atom. The van der Waals surface area contributed by atoms with Crippen molar-refractivity contribution in [3.05, 3.63) is 107 Å². The van der Waals surface area contributed by atoms with E-state index in [4.69, 9.17) is 9.72 Å². The molecule has 0 spiro atoms. The van der Waals surface area contributed by atoms with E-state index in [-0.39, 0.29) is 5.56 Å². The van der Waals surface area contributed by atoms with Crippen molar-refractivity contribution in [2.24, 2.45) is 5.10 Å². The predicted molar refractivity (Wildman–Crippen MR) is 125 cm³/mol. The van der Waals surface area contributed by atoms with Crippen molar-refractivity contribution in [3.63, 3.8) is 0 Å². The van der Waals surface area contributed by atoms with Crippen LogP contribution in [0.15, 0.2) is 101 Å². The van der Waals surface area contributed by atoms with Crippen LogP contribution in [0.5, 0.6) is 5.75 Å². The van der Waals surface area contributed by atoms with Crippen molar-refractivity contribution in [1.82, 2.24) is 9.66 Å². The van der Waals surface area contributed by atoms with E-state index in [9.17, 15) is 4.79 Å². The second-order valence-electron chi connectivity index (χ2n) is 7.08. The summed E-state index contributed by atoms with van der Waals surface area (Å²) in [5, 5.41) is 7.18. The number of aromatic nitrogens is 2. The third-order valence-corrected chi connectivity index (χ3v) is 5.24. The second-order valence-corrected chi connectivity index (χ2v) is 7.08. The van der Waals surface area contributed by atoms with E-state index >= 15 is 0 Å². The number of ether oxygens (including phenoxy) is 1. The molecule has 1 heterocycles. The topological polar surface area (TPSA) is 56.5 Å². The number of hydrogen-bond donors (Lipinski definition) is 0. The normalized spacial score (nSPS) is 11.4. The Balaban J connectivity index is 1.77. The Labute approximate surface area is 178 Å². The predicted octanol–water partition coefficient (Wildman–Crippen LogP) is 5.11. The van der Waals surface area contributed by atoms with Crippen LogP contribution in [0.1, 0.15) is 5.56 Å². The van der Waals surface area contributed by atoms with Gasteiger partial charge in [0.1, 0.15) is 5.75 Å². The van der Waals surface area contributed by atoms with Gasteiger partial charge in [0.25, 0.3) is 5.56 Å². The van der Waals surface area contributed by atoms with Crippen LogP contribution in [0.2, 0.25) is 0 Å². The lowest BCUT2D eigenvalue weighted by Crippen LogP contribution is -2.20. The van der Waals surface area contributed by atoms with Gasteiger partial charge < -0.3 is 4.74 Å². The first-order valence-corrected chi connectivity index (χ1v) is 9.93. The number of methoxy groups -OCH3 is 1. The highest BCUT2D eigenvalue weighted by Crippen LogP contribution is 2.27. The highest BCUT2D eigenvalue weighted by Gasteiger charge is 2.13. The molecule has 150 valence electrons. The van der Waals surface area contributed by atoms with Gasteiger partial charge in [0, 0.05) is 11.1 Å². The smallest absolute Gasteiger partial charge is 0.282 e. The molecular weight excluding hydrogens is 386 g/mol. The quantitative estimate of drug-likeness (QED) is 0.391. The fourth-order valence-electron chi connectivity index (χ4n) is 3.71. The Morgan fingerprint density at radius 3 is 2.35 bits per heavy atom. The van der Waals surface area contributed by atoms with Gasteiger partial charge in [-0.15, -0.1) is 0 Å². The molecule has 0 unspecified atom stereocenters. The summed E-state index contributed by atoms with van der Waals surface area (Å²) >= 11 is 0. The zero-order valence-corrected chi connectivity index (χ0v) is 16.9. The number of benzene rings is 4. The average molecular weight is 405 g/mol. The Kier molecular flexibility index (Phi) is 4.77. The molecule has 0 atom stereocenters. The molecule has 4 aromatic carbocycles. The molecule has 5 heteroatoms. The molecule has 0 amide bonds. The molecule has 0 aliphatic heterocycles. The molecular formula is C26H19N3O2. The van der Waals surface area contributed by atoms with Gasteiger partial charge >= 0.3 is 0 Å². The molecule has 0 radical (unpaired) electrons. The standard InChI is InChI=1S/C26H19N3O2/c1-31-24-16-15-18-9-5-6-12-20(18)22(24)17-27-29-25(19-10-3-2-4-11-19)28-23-14-8-7-13-21(23)26(29)30/h2-17H,1H3. The fraction of sp³-hybridized carbons (Fsp3) is 0.0385.